The van der Waals surface area contributed by atoms with Crippen LogP contribution in [0.15, 0.2) is 35.5 Å². The standard InChI is InChI=1S/C27H40O3/c1-18(8-6-14-26(3,4)30)23-12-13-24-20(9-7-15-27(23,24)5)10-11-21-16-22(28)17-25(29)19(21)2/h10-11,18,22-25,28-30H,2,7-9,12-13,15-17H2,1,3-5H3/t18?,22?,23?,24?,25-,27+/m0/s1. The summed E-state index contributed by atoms with van der Waals surface area (Å²) in [6, 6.07) is 0. The van der Waals surface area contributed by atoms with Gasteiger partial charge >= 0.3 is 0 Å². The number of fused-ring (bicyclic) bond motifs is 1. The molecule has 0 aromatic carbocycles. The summed E-state index contributed by atoms with van der Waals surface area (Å²) >= 11 is 0. The zero-order valence-corrected chi connectivity index (χ0v) is 19.2. The lowest BCUT2D eigenvalue weighted by atomic mass is 9.61. The monoisotopic (exact) mass is 412 g/mol. The second-order valence-electron chi connectivity index (χ2n) is 10.7. The van der Waals surface area contributed by atoms with E-state index in [1.54, 1.807) is 13.8 Å². The van der Waals surface area contributed by atoms with Crippen molar-refractivity contribution in [2.24, 2.45) is 23.2 Å². The van der Waals surface area contributed by atoms with Gasteiger partial charge in [-0.15, -0.1) is 5.92 Å². The third-order valence-electron chi connectivity index (χ3n) is 7.81. The van der Waals surface area contributed by atoms with E-state index in [2.05, 4.69) is 44.4 Å². The Morgan fingerprint density at radius 3 is 2.70 bits per heavy atom. The molecule has 0 spiro atoms. The Bertz CT molecular complexity index is 772. The molecule has 166 valence electrons. The van der Waals surface area contributed by atoms with Crippen molar-refractivity contribution >= 4 is 0 Å². The minimum absolute atomic E-state index is 0.307. The molecule has 3 saturated carbocycles. The molecule has 3 fully saturated rings. The van der Waals surface area contributed by atoms with Gasteiger partial charge in [0, 0.05) is 12.8 Å². The first kappa shape index (κ1) is 23.3. The number of rotatable bonds is 3. The SMILES string of the molecule is C=C1C(=CC=C2CCC[C@@]3(C)C2CCC3C(C)CC#CC(C)(C)O)CC(O)C[C@@H]1O. The molecule has 0 saturated heterocycles. The molecule has 0 bridgehead atoms. The molecule has 4 unspecified atom stereocenters. The predicted molar refractivity (Wildman–Crippen MR) is 123 cm³/mol. The predicted octanol–water partition coefficient (Wildman–Crippen LogP) is 4.93. The maximum Gasteiger partial charge on any atom is 0.119 e. The molecule has 3 N–H and O–H groups in total. The van der Waals surface area contributed by atoms with Crippen LogP contribution in [0, 0.1) is 35.0 Å². The van der Waals surface area contributed by atoms with Crippen LogP contribution in [0.2, 0.25) is 0 Å². The summed E-state index contributed by atoms with van der Waals surface area (Å²) in [5.74, 6) is 7.98. The third-order valence-corrected chi connectivity index (χ3v) is 7.81. The molecule has 3 heteroatoms. The Labute approximate surface area is 183 Å². The molecule has 3 aliphatic carbocycles. The third kappa shape index (κ3) is 5.10. The lowest BCUT2D eigenvalue weighted by Crippen LogP contribution is -2.36. The van der Waals surface area contributed by atoms with E-state index >= 15 is 0 Å². The van der Waals surface area contributed by atoms with Gasteiger partial charge in [-0.2, -0.15) is 0 Å². The number of hydrogen-bond acceptors (Lipinski definition) is 3. The Morgan fingerprint density at radius 2 is 2.00 bits per heavy atom. The second kappa shape index (κ2) is 9.03. The maximum absolute atomic E-state index is 10.1. The Balaban J connectivity index is 1.75. The van der Waals surface area contributed by atoms with Crippen molar-refractivity contribution in [2.45, 2.75) is 96.9 Å². The first-order valence-corrected chi connectivity index (χ1v) is 11.7. The van der Waals surface area contributed by atoms with Crippen LogP contribution in [-0.2, 0) is 0 Å². The molecular weight excluding hydrogens is 372 g/mol. The van der Waals surface area contributed by atoms with E-state index in [-0.39, 0.29) is 0 Å². The van der Waals surface area contributed by atoms with Crippen molar-refractivity contribution in [3.8, 4) is 11.8 Å². The highest BCUT2D eigenvalue weighted by atomic mass is 16.3. The minimum Gasteiger partial charge on any atom is -0.393 e. The van der Waals surface area contributed by atoms with Gasteiger partial charge in [0.05, 0.1) is 12.2 Å². The van der Waals surface area contributed by atoms with Gasteiger partial charge in [-0.1, -0.05) is 44.1 Å². The molecule has 30 heavy (non-hydrogen) atoms. The van der Waals surface area contributed by atoms with Gasteiger partial charge in [-0.05, 0) is 86.7 Å². The molecule has 0 aromatic rings. The Hall–Kier alpha value is -1.34. The number of aliphatic hydroxyl groups excluding tert-OH is 2. The summed E-state index contributed by atoms with van der Waals surface area (Å²) in [5.41, 5.74) is 2.67. The summed E-state index contributed by atoms with van der Waals surface area (Å²) in [7, 11) is 0. The molecular formula is C27H40O3. The zero-order valence-electron chi connectivity index (χ0n) is 19.2. The lowest BCUT2D eigenvalue weighted by Gasteiger charge is -2.44. The molecule has 0 heterocycles. The van der Waals surface area contributed by atoms with Crippen LogP contribution in [0.4, 0.5) is 0 Å². The molecule has 0 aliphatic heterocycles. The smallest absolute Gasteiger partial charge is 0.119 e. The first-order valence-electron chi connectivity index (χ1n) is 11.7. The van der Waals surface area contributed by atoms with E-state index in [9.17, 15) is 15.3 Å². The van der Waals surface area contributed by atoms with Crippen LogP contribution in [0.5, 0.6) is 0 Å². The van der Waals surface area contributed by atoms with Gasteiger partial charge in [0.2, 0.25) is 0 Å². The highest BCUT2D eigenvalue weighted by Gasteiger charge is 2.50. The zero-order chi connectivity index (χ0) is 22.1. The van der Waals surface area contributed by atoms with Crippen LogP contribution < -0.4 is 0 Å². The van der Waals surface area contributed by atoms with Crippen LogP contribution in [-0.4, -0.2) is 33.1 Å². The van der Waals surface area contributed by atoms with Crippen LogP contribution in [0.25, 0.3) is 0 Å². The average Bonchev–Trinajstić information content (AvgIpc) is 3.00. The summed E-state index contributed by atoms with van der Waals surface area (Å²) in [5, 5.41) is 30.0. The first-order chi connectivity index (χ1) is 14.0. The van der Waals surface area contributed by atoms with E-state index in [1.807, 2.05) is 0 Å². The summed E-state index contributed by atoms with van der Waals surface area (Å²) in [6.45, 7) is 12.3. The van der Waals surface area contributed by atoms with Crippen molar-refractivity contribution in [1.82, 2.24) is 0 Å². The average molecular weight is 413 g/mol. The number of aliphatic hydroxyl groups is 3. The molecule has 0 aromatic heterocycles. The molecule has 0 amide bonds. The Kier molecular flexibility index (Phi) is 7.02. The van der Waals surface area contributed by atoms with E-state index in [0.717, 1.165) is 24.0 Å². The fourth-order valence-corrected chi connectivity index (χ4v) is 6.25. The fourth-order valence-electron chi connectivity index (χ4n) is 6.25. The number of allylic oxidation sites excluding steroid dienone is 3. The van der Waals surface area contributed by atoms with Crippen LogP contribution in [0.3, 0.4) is 0 Å². The van der Waals surface area contributed by atoms with E-state index in [4.69, 9.17) is 0 Å². The van der Waals surface area contributed by atoms with Crippen molar-refractivity contribution < 1.29 is 15.3 Å². The highest BCUT2D eigenvalue weighted by Crippen LogP contribution is 2.59. The molecule has 6 atom stereocenters. The van der Waals surface area contributed by atoms with E-state index < -0.39 is 17.8 Å². The van der Waals surface area contributed by atoms with Crippen molar-refractivity contribution in [3.63, 3.8) is 0 Å². The largest absolute Gasteiger partial charge is 0.393 e. The van der Waals surface area contributed by atoms with E-state index in [1.165, 1.54) is 31.3 Å². The molecule has 3 nitrogen and oxygen atoms in total. The van der Waals surface area contributed by atoms with Gasteiger partial charge in [-0.25, -0.2) is 0 Å². The van der Waals surface area contributed by atoms with Crippen LogP contribution >= 0.6 is 0 Å². The summed E-state index contributed by atoms with van der Waals surface area (Å²) in [4.78, 5) is 0. The Morgan fingerprint density at radius 1 is 1.27 bits per heavy atom. The van der Waals surface area contributed by atoms with Crippen molar-refractivity contribution in [3.05, 3.63) is 35.5 Å². The van der Waals surface area contributed by atoms with Gasteiger partial charge in [0.1, 0.15) is 5.60 Å². The minimum atomic E-state index is -0.916. The van der Waals surface area contributed by atoms with Crippen molar-refractivity contribution in [1.29, 1.82) is 0 Å². The number of hydrogen-bond donors (Lipinski definition) is 3. The van der Waals surface area contributed by atoms with Gasteiger partial charge in [-0.3, -0.25) is 0 Å². The summed E-state index contributed by atoms with van der Waals surface area (Å²) in [6.07, 6.45) is 11.2. The fraction of sp³-hybridized carbons (Fsp3) is 0.704. The summed E-state index contributed by atoms with van der Waals surface area (Å²) < 4.78 is 0. The maximum atomic E-state index is 10.1. The quantitative estimate of drug-likeness (QED) is 0.576. The van der Waals surface area contributed by atoms with Gasteiger partial charge < -0.3 is 15.3 Å². The highest BCUT2D eigenvalue weighted by molar-refractivity contribution is 5.38. The normalized spacial score (nSPS) is 38.3. The van der Waals surface area contributed by atoms with Gasteiger partial charge in [0.15, 0.2) is 0 Å². The van der Waals surface area contributed by atoms with Crippen LogP contribution in [0.1, 0.15) is 79.1 Å². The molecule has 3 aliphatic rings. The van der Waals surface area contributed by atoms with Gasteiger partial charge in [0.25, 0.3) is 0 Å². The molecule has 3 rings (SSSR count). The second-order valence-corrected chi connectivity index (χ2v) is 10.7. The lowest BCUT2D eigenvalue weighted by molar-refractivity contribution is 0.0861. The topological polar surface area (TPSA) is 60.7 Å². The van der Waals surface area contributed by atoms with Crippen molar-refractivity contribution in [2.75, 3.05) is 0 Å². The molecule has 0 radical (unpaired) electrons. The van der Waals surface area contributed by atoms with E-state index in [0.29, 0.717) is 36.0 Å².